The van der Waals surface area contributed by atoms with Crippen molar-refractivity contribution in [2.24, 2.45) is 5.73 Å². The fourth-order valence-corrected chi connectivity index (χ4v) is 1.46. The molecule has 1 aliphatic carbocycles. The summed E-state index contributed by atoms with van der Waals surface area (Å²) in [6.45, 7) is 4.27. The molecule has 1 aromatic rings. The van der Waals surface area contributed by atoms with Crippen molar-refractivity contribution < 1.29 is 9.47 Å². The van der Waals surface area contributed by atoms with E-state index in [1.165, 1.54) is 0 Å². The van der Waals surface area contributed by atoms with Gasteiger partial charge in [-0.15, -0.1) is 0 Å². The van der Waals surface area contributed by atoms with Crippen molar-refractivity contribution in [3.8, 4) is 11.5 Å². The van der Waals surface area contributed by atoms with Crippen molar-refractivity contribution in [3.63, 3.8) is 0 Å². The molecule has 0 radical (unpaired) electrons. The summed E-state index contributed by atoms with van der Waals surface area (Å²) in [5.41, 5.74) is 6.86. The first-order chi connectivity index (χ1) is 7.67. The summed E-state index contributed by atoms with van der Waals surface area (Å²) in [6, 6.07) is 5.74. The van der Waals surface area contributed by atoms with Gasteiger partial charge in [0.15, 0.2) is 11.5 Å². The van der Waals surface area contributed by atoms with Crippen molar-refractivity contribution >= 4 is 6.08 Å². The maximum atomic E-state index is 5.96. The van der Waals surface area contributed by atoms with Crippen molar-refractivity contribution in [2.45, 2.75) is 18.4 Å². The molecular formula is C13H17NO2. The van der Waals surface area contributed by atoms with Crippen LogP contribution in [0.15, 0.2) is 24.8 Å². The van der Waals surface area contributed by atoms with Crippen LogP contribution in [0, 0.1) is 0 Å². The van der Waals surface area contributed by atoms with E-state index in [4.69, 9.17) is 15.2 Å². The van der Waals surface area contributed by atoms with Gasteiger partial charge in [-0.05, 0) is 30.5 Å². The molecule has 86 valence electrons. The highest BCUT2D eigenvalue weighted by Crippen LogP contribution is 2.35. The average Bonchev–Trinajstić information content (AvgIpc) is 3.05. The lowest BCUT2D eigenvalue weighted by atomic mass is 10.2. The molecule has 0 aliphatic heterocycles. The second-order valence-corrected chi connectivity index (χ2v) is 4.27. The summed E-state index contributed by atoms with van der Waals surface area (Å²) < 4.78 is 10.9. The molecule has 0 atom stereocenters. The van der Waals surface area contributed by atoms with Gasteiger partial charge in [0.1, 0.15) is 6.61 Å². The Hall–Kier alpha value is -1.48. The summed E-state index contributed by atoms with van der Waals surface area (Å²) >= 11 is 0. The monoisotopic (exact) mass is 219 g/mol. The van der Waals surface area contributed by atoms with Gasteiger partial charge in [-0.25, -0.2) is 0 Å². The topological polar surface area (TPSA) is 44.5 Å². The van der Waals surface area contributed by atoms with Crippen LogP contribution in [0.25, 0.3) is 6.08 Å². The van der Waals surface area contributed by atoms with E-state index < -0.39 is 0 Å². The Kier molecular flexibility index (Phi) is 2.88. The van der Waals surface area contributed by atoms with Crippen LogP contribution in [0.3, 0.4) is 0 Å². The van der Waals surface area contributed by atoms with Gasteiger partial charge in [0.05, 0.1) is 12.6 Å². The standard InChI is InChI=1S/C13H17NO2/c1-3-10-4-5-11(12(8-10)15-2)16-9-13(14)6-7-13/h3-5,8H,1,6-7,9,14H2,2H3. The van der Waals surface area contributed by atoms with E-state index in [9.17, 15) is 0 Å². The Morgan fingerprint density at radius 2 is 2.19 bits per heavy atom. The Morgan fingerprint density at radius 3 is 2.75 bits per heavy atom. The molecule has 0 saturated heterocycles. The fourth-order valence-electron chi connectivity index (χ4n) is 1.46. The smallest absolute Gasteiger partial charge is 0.161 e. The molecule has 3 nitrogen and oxygen atoms in total. The Balaban J connectivity index is 2.09. The van der Waals surface area contributed by atoms with Crippen LogP contribution in [0.2, 0.25) is 0 Å². The summed E-state index contributed by atoms with van der Waals surface area (Å²) in [6.07, 6.45) is 3.86. The number of nitrogens with two attached hydrogens (primary N) is 1. The molecule has 16 heavy (non-hydrogen) atoms. The molecule has 0 aromatic heterocycles. The van der Waals surface area contributed by atoms with E-state index >= 15 is 0 Å². The number of hydrogen-bond donors (Lipinski definition) is 1. The van der Waals surface area contributed by atoms with Gasteiger partial charge >= 0.3 is 0 Å². The van der Waals surface area contributed by atoms with Crippen LogP contribution < -0.4 is 15.2 Å². The largest absolute Gasteiger partial charge is 0.493 e. The minimum atomic E-state index is -0.109. The summed E-state index contributed by atoms with van der Waals surface area (Å²) in [5.74, 6) is 1.46. The van der Waals surface area contributed by atoms with Gasteiger partial charge in [0.2, 0.25) is 0 Å². The number of methoxy groups -OCH3 is 1. The normalized spacial score (nSPS) is 16.6. The van der Waals surface area contributed by atoms with E-state index in [1.807, 2.05) is 18.2 Å². The predicted octanol–water partition coefficient (Wildman–Crippen LogP) is 2.21. The second kappa shape index (κ2) is 4.18. The van der Waals surface area contributed by atoms with Crippen molar-refractivity contribution in [1.29, 1.82) is 0 Å². The first-order valence-electron chi connectivity index (χ1n) is 5.39. The molecule has 1 aromatic carbocycles. The average molecular weight is 219 g/mol. The maximum Gasteiger partial charge on any atom is 0.161 e. The summed E-state index contributed by atoms with van der Waals surface area (Å²) in [5, 5.41) is 0. The quantitative estimate of drug-likeness (QED) is 0.825. The molecule has 0 amide bonds. The van der Waals surface area contributed by atoms with E-state index in [0.29, 0.717) is 6.61 Å². The highest BCUT2D eigenvalue weighted by Gasteiger charge is 2.39. The molecule has 1 aliphatic rings. The number of rotatable bonds is 5. The summed E-state index contributed by atoms with van der Waals surface area (Å²) in [7, 11) is 1.63. The third-order valence-corrected chi connectivity index (χ3v) is 2.83. The Morgan fingerprint density at radius 1 is 1.44 bits per heavy atom. The molecule has 0 unspecified atom stereocenters. The highest BCUT2D eigenvalue weighted by molar-refractivity contribution is 5.54. The Labute approximate surface area is 95.9 Å². The van der Waals surface area contributed by atoms with Gasteiger partial charge in [-0.1, -0.05) is 18.7 Å². The zero-order chi connectivity index (χ0) is 11.6. The minimum Gasteiger partial charge on any atom is -0.493 e. The van der Waals surface area contributed by atoms with E-state index in [2.05, 4.69) is 6.58 Å². The van der Waals surface area contributed by atoms with Gasteiger partial charge < -0.3 is 15.2 Å². The zero-order valence-electron chi connectivity index (χ0n) is 9.53. The lowest BCUT2D eigenvalue weighted by molar-refractivity contribution is 0.264. The molecule has 1 fully saturated rings. The third-order valence-electron chi connectivity index (χ3n) is 2.83. The van der Waals surface area contributed by atoms with Gasteiger partial charge in [0, 0.05) is 0 Å². The fraction of sp³-hybridized carbons (Fsp3) is 0.385. The zero-order valence-corrected chi connectivity index (χ0v) is 9.53. The van der Waals surface area contributed by atoms with E-state index in [0.717, 1.165) is 29.9 Å². The van der Waals surface area contributed by atoms with Crippen LogP contribution >= 0.6 is 0 Å². The Bertz CT molecular complexity index is 397. The molecular weight excluding hydrogens is 202 g/mol. The van der Waals surface area contributed by atoms with Crippen LogP contribution in [0.4, 0.5) is 0 Å². The molecule has 0 spiro atoms. The third kappa shape index (κ3) is 2.36. The molecule has 2 N–H and O–H groups in total. The molecule has 2 rings (SSSR count). The van der Waals surface area contributed by atoms with Gasteiger partial charge in [-0.2, -0.15) is 0 Å². The number of benzene rings is 1. The lowest BCUT2D eigenvalue weighted by Crippen LogP contribution is -2.29. The lowest BCUT2D eigenvalue weighted by Gasteiger charge is -2.14. The molecule has 3 heteroatoms. The highest BCUT2D eigenvalue weighted by atomic mass is 16.5. The first kappa shape index (κ1) is 11.0. The number of ether oxygens (including phenoxy) is 2. The SMILES string of the molecule is C=Cc1ccc(OCC2(N)CC2)c(OC)c1. The van der Waals surface area contributed by atoms with Crippen LogP contribution in [-0.2, 0) is 0 Å². The van der Waals surface area contributed by atoms with Crippen LogP contribution in [0.5, 0.6) is 11.5 Å². The second-order valence-electron chi connectivity index (χ2n) is 4.27. The van der Waals surface area contributed by atoms with Crippen LogP contribution in [0.1, 0.15) is 18.4 Å². The molecule has 1 saturated carbocycles. The minimum absolute atomic E-state index is 0.109. The first-order valence-corrected chi connectivity index (χ1v) is 5.39. The maximum absolute atomic E-state index is 5.96. The van der Waals surface area contributed by atoms with Crippen LogP contribution in [-0.4, -0.2) is 19.3 Å². The van der Waals surface area contributed by atoms with Gasteiger partial charge in [-0.3, -0.25) is 0 Å². The number of hydrogen-bond acceptors (Lipinski definition) is 3. The van der Waals surface area contributed by atoms with Crippen molar-refractivity contribution in [3.05, 3.63) is 30.3 Å². The summed E-state index contributed by atoms with van der Waals surface area (Å²) in [4.78, 5) is 0. The predicted molar refractivity (Wildman–Crippen MR) is 64.7 cm³/mol. The van der Waals surface area contributed by atoms with Crippen molar-refractivity contribution in [1.82, 2.24) is 0 Å². The van der Waals surface area contributed by atoms with E-state index in [-0.39, 0.29) is 5.54 Å². The molecule has 0 bridgehead atoms. The molecule has 0 heterocycles. The van der Waals surface area contributed by atoms with Gasteiger partial charge in [0.25, 0.3) is 0 Å². The van der Waals surface area contributed by atoms with Crippen molar-refractivity contribution in [2.75, 3.05) is 13.7 Å². The van der Waals surface area contributed by atoms with E-state index in [1.54, 1.807) is 13.2 Å².